The van der Waals surface area contributed by atoms with E-state index < -0.39 is 5.91 Å². The molecule has 0 saturated heterocycles. The van der Waals surface area contributed by atoms with Crippen molar-refractivity contribution in [3.63, 3.8) is 0 Å². The summed E-state index contributed by atoms with van der Waals surface area (Å²) in [5, 5.41) is 3.45. The first-order valence-electron chi connectivity index (χ1n) is 7.73. The van der Waals surface area contributed by atoms with Crippen molar-refractivity contribution in [3.05, 3.63) is 64.6 Å². The third kappa shape index (κ3) is 4.16. The normalized spacial score (nSPS) is 10.6. The van der Waals surface area contributed by atoms with E-state index in [9.17, 15) is 4.79 Å². The molecule has 128 valence electrons. The van der Waals surface area contributed by atoms with Gasteiger partial charge in [0.05, 0.1) is 16.3 Å². The number of hydrogen-bond acceptors (Lipinski definition) is 5. The van der Waals surface area contributed by atoms with E-state index in [1.54, 1.807) is 6.26 Å². The van der Waals surface area contributed by atoms with Crippen LogP contribution in [0.25, 0.3) is 11.5 Å². The first-order valence-corrected chi connectivity index (χ1v) is 8.11. The van der Waals surface area contributed by atoms with E-state index in [0.717, 1.165) is 11.3 Å². The zero-order valence-electron chi connectivity index (χ0n) is 13.6. The van der Waals surface area contributed by atoms with E-state index in [0.29, 0.717) is 29.7 Å². The van der Waals surface area contributed by atoms with E-state index in [1.807, 2.05) is 31.2 Å². The fourth-order valence-corrected chi connectivity index (χ4v) is 2.50. The van der Waals surface area contributed by atoms with Crippen molar-refractivity contribution in [2.75, 3.05) is 11.9 Å². The lowest BCUT2D eigenvalue weighted by Crippen LogP contribution is -2.12. The molecule has 0 fully saturated rings. The second-order valence-corrected chi connectivity index (χ2v) is 6.01. The minimum Gasteiger partial charge on any atom is -0.444 e. The third-order valence-electron chi connectivity index (χ3n) is 3.65. The Balaban J connectivity index is 1.59. The molecule has 2 aromatic heterocycles. The molecule has 0 spiro atoms. The summed E-state index contributed by atoms with van der Waals surface area (Å²) in [5.74, 6) is 0.526. The molecule has 0 bridgehead atoms. The minimum atomic E-state index is -0.563. The van der Waals surface area contributed by atoms with Crippen molar-refractivity contribution in [1.82, 2.24) is 9.97 Å². The average Bonchev–Trinajstić information content (AvgIpc) is 3.05. The second-order valence-electron chi connectivity index (χ2n) is 5.61. The van der Waals surface area contributed by atoms with Crippen LogP contribution in [-0.4, -0.2) is 22.4 Å². The summed E-state index contributed by atoms with van der Waals surface area (Å²) < 4.78 is 5.53. The third-order valence-corrected chi connectivity index (χ3v) is 3.94. The van der Waals surface area contributed by atoms with Gasteiger partial charge in [0, 0.05) is 24.7 Å². The molecular weight excluding hydrogens is 340 g/mol. The van der Waals surface area contributed by atoms with Gasteiger partial charge in [0.15, 0.2) is 0 Å². The highest BCUT2D eigenvalue weighted by Gasteiger charge is 2.09. The standard InChI is InChI=1S/C18H17ClN4O2/c1-11-2-4-12(5-3-11)18-23-14(10-25-18)6-7-21-17-15(19)8-13(9-22-17)16(20)24/h2-5,8-10H,6-7H2,1H3,(H2,20,24)(H,21,22). The van der Waals surface area contributed by atoms with Gasteiger partial charge in [-0.1, -0.05) is 29.3 Å². The summed E-state index contributed by atoms with van der Waals surface area (Å²) >= 11 is 6.09. The predicted octanol–water partition coefficient (Wildman–Crippen LogP) is 3.45. The molecular formula is C18H17ClN4O2. The Bertz CT molecular complexity index is 890. The van der Waals surface area contributed by atoms with Crippen LogP contribution >= 0.6 is 11.6 Å². The number of pyridine rings is 1. The van der Waals surface area contributed by atoms with Gasteiger partial charge in [-0.15, -0.1) is 0 Å². The monoisotopic (exact) mass is 356 g/mol. The van der Waals surface area contributed by atoms with Crippen molar-refractivity contribution >= 4 is 23.3 Å². The highest BCUT2D eigenvalue weighted by atomic mass is 35.5. The maximum absolute atomic E-state index is 11.1. The van der Waals surface area contributed by atoms with Crippen molar-refractivity contribution in [1.29, 1.82) is 0 Å². The molecule has 25 heavy (non-hydrogen) atoms. The van der Waals surface area contributed by atoms with E-state index in [4.69, 9.17) is 21.8 Å². The molecule has 1 amide bonds. The van der Waals surface area contributed by atoms with Crippen molar-refractivity contribution in [2.24, 2.45) is 5.73 Å². The van der Waals surface area contributed by atoms with Crippen LogP contribution < -0.4 is 11.1 Å². The number of halogens is 1. The van der Waals surface area contributed by atoms with Crippen LogP contribution in [0.1, 0.15) is 21.6 Å². The summed E-state index contributed by atoms with van der Waals surface area (Å²) in [6.07, 6.45) is 3.68. The van der Waals surface area contributed by atoms with Gasteiger partial charge in [0.1, 0.15) is 12.1 Å². The molecule has 0 radical (unpaired) electrons. The van der Waals surface area contributed by atoms with E-state index >= 15 is 0 Å². The quantitative estimate of drug-likeness (QED) is 0.705. The number of carbonyl (C=O) groups excluding carboxylic acids is 1. The highest BCUT2D eigenvalue weighted by Crippen LogP contribution is 2.21. The molecule has 3 rings (SSSR count). The van der Waals surface area contributed by atoms with Gasteiger partial charge in [-0.2, -0.15) is 0 Å². The number of aromatic nitrogens is 2. The number of carbonyl (C=O) groups is 1. The first-order chi connectivity index (χ1) is 12.0. The predicted molar refractivity (Wildman–Crippen MR) is 96.6 cm³/mol. The summed E-state index contributed by atoms with van der Waals surface area (Å²) in [5.41, 5.74) is 8.42. The van der Waals surface area contributed by atoms with E-state index in [2.05, 4.69) is 15.3 Å². The zero-order valence-corrected chi connectivity index (χ0v) is 14.4. The number of hydrogen-bond donors (Lipinski definition) is 2. The average molecular weight is 357 g/mol. The maximum atomic E-state index is 11.1. The maximum Gasteiger partial charge on any atom is 0.250 e. The Morgan fingerprint density at radius 1 is 1.32 bits per heavy atom. The molecule has 3 N–H and O–H groups in total. The van der Waals surface area contributed by atoms with Crippen LogP contribution in [0, 0.1) is 6.92 Å². The molecule has 1 aromatic carbocycles. The van der Waals surface area contributed by atoms with Crippen LogP contribution in [0.5, 0.6) is 0 Å². The van der Waals surface area contributed by atoms with Crippen molar-refractivity contribution in [2.45, 2.75) is 13.3 Å². The van der Waals surface area contributed by atoms with Gasteiger partial charge in [0.2, 0.25) is 11.8 Å². The largest absolute Gasteiger partial charge is 0.444 e. The Morgan fingerprint density at radius 3 is 2.76 bits per heavy atom. The second kappa shape index (κ2) is 7.36. The molecule has 0 saturated carbocycles. The van der Waals surface area contributed by atoms with Gasteiger partial charge in [-0.25, -0.2) is 9.97 Å². The fraction of sp³-hybridized carbons (Fsp3) is 0.167. The zero-order chi connectivity index (χ0) is 17.8. The van der Waals surface area contributed by atoms with Gasteiger partial charge in [-0.05, 0) is 25.1 Å². The lowest BCUT2D eigenvalue weighted by Gasteiger charge is -2.06. The fourth-order valence-electron chi connectivity index (χ4n) is 2.26. The topological polar surface area (TPSA) is 94.0 Å². The smallest absolute Gasteiger partial charge is 0.250 e. The summed E-state index contributed by atoms with van der Waals surface area (Å²) in [4.78, 5) is 19.7. The molecule has 0 atom stereocenters. The number of nitrogens with zero attached hydrogens (tertiary/aromatic N) is 2. The first kappa shape index (κ1) is 17.0. The SMILES string of the molecule is Cc1ccc(-c2nc(CCNc3ncc(C(N)=O)cc3Cl)co2)cc1. The number of anilines is 1. The lowest BCUT2D eigenvalue weighted by molar-refractivity contribution is 0.1000. The van der Waals surface area contributed by atoms with Crippen LogP contribution in [0.2, 0.25) is 5.02 Å². The summed E-state index contributed by atoms with van der Waals surface area (Å²) in [6, 6.07) is 9.49. The molecule has 0 aliphatic heterocycles. The Kier molecular flexibility index (Phi) is 5.00. The molecule has 2 heterocycles. The van der Waals surface area contributed by atoms with Crippen LogP contribution in [-0.2, 0) is 6.42 Å². The molecule has 0 aliphatic carbocycles. The number of nitrogens with one attached hydrogen (secondary N) is 1. The van der Waals surface area contributed by atoms with Gasteiger partial charge in [-0.3, -0.25) is 4.79 Å². The van der Waals surface area contributed by atoms with Crippen LogP contribution in [0.3, 0.4) is 0 Å². The number of benzene rings is 1. The number of amides is 1. The summed E-state index contributed by atoms with van der Waals surface area (Å²) in [7, 11) is 0. The highest BCUT2D eigenvalue weighted by molar-refractivity contribution is 6.33. The minimum absolute atomic E-state index is 0.273. The van der Waals surface area contributed by atoms with Crippen LogP contribution in [0.4, 0.5) is 5.82 Å². The van der Waals surface area contributed by atoms with Crippen LogP contribution in [0.15, 0.2) is 47.2 Å². The van der Waals surface area contributed by atoms with Gasteiger partial charge < -0.3 is 15.5 Å². The van der Waals surface area contributed by atoms with E-state index in [-0.39, 0.29) is 5.56 Å². The number of nitrogens with two attached hydrogens (primary N) is 1. The number of oxazole rings is 1. The molecule has 3 aromatic rings. The molecule has 0 aliphatic rings. The number of aryl methyl sites for hydroxylation is 1. The Labute approximate surface area is 150 Å². The Morgan fingerprint density at radius 2 is 2.08 bits per heavy atom. The lowest BCUT2D eigenvalue weighted by atomic mass is 10.1. The van der Waals surface area contributed by atoms with Gasteiger partial charge in [0.25, 0.3) is 0 Å². The summed E-state index contributed by atoms with van der Waals surface area (Å²) in [6.45, 7) is 2.61. The molecule has 6 nitrogen and oxygen atoms in total. The van der Waals surface area contributed by atoms with Crippen molar-refractivity contribution in [3.8, 4) is 11.5 Å². The van der Waals surface area contributed by atoms with Crippen molar-refractivity contribution < 1.29 is 9.21 Å². The Hall–Kier alpha value is -2.86. The van der Waals surface area contributed by atoms with E-state index in [1.165, 1.54) is 17.8 Å². The number of rotatable bonds is 6. The van der Waals surface area contributed by atoms with Gasteiger partial charge >= 0.3 is 0 Å². The number of primary amides is 1. The molecule has 0 unspecified atom stereocenters. The molecule has 7 heteroatoms.